The van der Waals surface area contributed by atoms with Gasteiger partial charge in [0.2, 0.25) is 5.82 Å². The quantitative estimate of drug-likeness (QED) is 0.875. The van der Waals surface area contributed by atoms with E-state index in [0.717, 1.165) is 6.20 Å². The number of rotatable bonds is 4. The molecular formula is C14H12F2N2O2. The van der Waals surface area contributed by atoms with Crippen LogP contribution in [0.1, 0.15) is 17.3 Å². The van der Waals surface area contributed by atoms with Crippen LogP contribution < -0.4 is 10.1 Å². The number of benzene rings is 1. The molecule has 0 saturated carbocycles. The summed E-state index contributed by atoms with van der Waals surface area (Å²) >= 11 is 0. The number of nitrogens with zero attached hydrogens (tertiary/aromatic N) is 1. The lowest BCUT2D eigenvalue weighted by Gasteiger charge is -2.11. The lowest BCUT2D eigenvalue weighted by Crippen LogP contribution is -2.24. The highest BCUT2D eigenvalue weighted by Gasteiger charge is 2.21. The number of hydrogen-bond acceptors (Lipinski definition) is 3. The number of carbonyl (C=O) groups is 1. The number of hydrogen-bond donors (Lipinski definition) is 1. The van der Waals surface area contributed by atoms with Gasteiger partial charge in [-0.05, 0) is 19.1 Å². The molecule has 4 nitrogen and oxygen atoms in total. The zero-order chi connectivity index (χ0) is 14.5. The summed E-state index contributed by atoms with van der Waals surface area (Å²) < 4.78 is 32.3. The van der Waals surface area contributed by atoms with E-state index in [1.54, 1.807) is 37.3 Å². The fraction of sp³-hybridized carbons (Fsp3) is 0.143. The molecular weight excluding hydrogens is 266 g/mol. The Labute approximate surface area is 114 Å². The maximum absolute atomic E-state index is 13.8. The van der Waals surface area contributed by atoms with Crippen molar-refractivity contribution in [3.8, 4) is 11.5 Å². The summed E-state index contributed by atoms with van der Waals surface area (Å²) in [5, 5.41) is 2.49. The summed E-state index contributed by atoms with van der Waals surface area (Å²) in [7, 11) is 0. The first-order valence-corrected chi connectivity index (χ1v) is 5.98. The second-order valence-corrected chi connectivity index (χ2v) is 3.88. The van der Waals surface area contributed by atoms with E-state index in [1.807, 2.05) is 0 Å². The Morgan fingerprint density at radius 1 is 1.30 bits per heavy atom. The molecule has 2 aromatic rings. The summed E-state index contributed by atoms with van der Waals surface area (Å²) in [5.74, 6) is -3.37. The molecule has 0 aliphatic carbocycles. The highest BCUT2D eigenvalue weighted by molar-refractivity contribution is 5.96. The van der Waals surface area contributed by atoms with Crippen molar-refractivity contribution < 1.29 is 18.3 Å². The summed E-state index contributed by atoms with van der Waals surface area (Å²) in [6.07, 6.45) is 0.946. The van der Waals surface area contributed by atoms with E-state index in [9.17, 15) is 13.6 Å². The summed E-state index contributed by atoms with van der Waals surface area (Å²) in [4.78, 5) is 15.0. The molecule has 0 aliphatic heterocycles. The fourth-order valence-corrected chi connectivity index (χ4v) is 1.57. The zero-order valence-corrected chi connectivity index (χ0v) is 10.7. The molecule has 0 spiro atoms. The molecule has 0 saturated heterocycles. The second kappa shape index (κ2) is 6.10. The van der Waals surface area contributed by atoms with Gasteiger partial charge >= 0.3 is 0 Å². The normalized spacial score (nSPS) is 10.2. The molecule has 0 aliphatic rings. The molecule has 1 heterocycles. The van der Waals surface area contributed by atoms with Crippen molar-refractivity contribution in [3.05, 3.63) is 53.9 Å². The third-order valence-electron chi connectivity index (χ3n) is 2.48. The van der Waals surface area contributed by atoms with Gasteiger partial charge in [-0.1, -0.05) is 18.2 Å². The van der Waals surface area contributed by atoms with E-state index in [0.29, 0.717) is 12.3 Å². The van der Waals surface area contributed by atoms with Crippen LogP contribution in [-0.4, -0.2) is 17.4 Å². The van der Waals surface area contributed by atoms with Gasteiger partial charge in [-0.15, -0.1) is 0 Å². The standard InChI is InChI=1S/C14H12F2N2O2/c1-2-17-14(19)10-8-18-13(16)11(15)12(10)20-9-6-4-3-5-7-9/h3-8H,2H2,1H3,(H,17,19). The predicted octanol–water partition coefficient (Wildman–Crippen LogP) is 2.90. The van der Waals surface area contributed by atoms with Crippen molar-refractivity contribution in [1.82, 2.24) is 10.3 Å². The van der Waals surface area contributed by atoms with Crippen molar-refractivity contribution >= 4 is 5.91 Å². The predicted molar refractivity (Wildman–Crippen MR) is 68.7 cm³/mol. The first-order chi connectivity index (χ1) is 9.63. The van der Waals surface area contributed by atoms with Crippen LogP contribution in [0.2, 0.25) is 0 Å². The molecule has 0 bridgehead atoms. The minimum absolute atomic E-state index is 0.158. The molecule has 1 aromatic heterocycles. The largest absolute Gasteiger partial charge is 0.453 e. The number of nitrogens with one attached hydrogen (secondary N) is 1. The Hall–Kier alpha value is -2.50. The van der Waals surface area contributed by atoms with Crippen molar-refractivity contribution in [3.63, 3.8) is 0 Å². The van der Waals surface area contributed by atoms with Gasteiger partial charge in [0, 0.05) is 12.7 Å². The number of pyridine rings is 1. The maximum atomic E-state index is 13.8. The lowest BCUT2D eigenvalue weighted by atomic mass is 10.2. The topological polar surface area (TPSA) is 51.2 Å². The molecule has 1 amide bonds. The minimum atomic E-state index is -1.32. The van der Waals surface area contributed by atoms with Crippen LogP contribution in [0.4, 0.5) is 8.78 Å². The second-order valence-electron chi connectivity index (χ2n) is 3.88. The maximum Gasteiger partial charge on any atom is 0.256 e. The highest BCUT2D eigenvalue weighted by atomic mass is 19.2. The number of halogens is 2. The van der Waals surface area contributed by atoms with Crippen molar-refractivity contribution in [2.45, 2.75) is 6.92 Å². The van der Waals surface area contributed by atoms with Crippen LogP contribution in [-0.2, 0) is 0 Å². The van der Waals surface area contributed by atoms with Crippen LogP contribution in [0.25, 0.3) is 0 Å². The van der Waals surface area contributed by atoms with Gasteiger partial charge in [-0.3, -0.25) is 4.79 Å². The van der Waals surface area contributed by atoms with E-state index >= 15 is 0 Å². The SMILES string of the molecule is CCNC(=O)c1cnc(F)c(F)c1Oc1ccccc1. The van der Waals surface area contributed by atoms with Gasteiger partial charge in [-0.2, -0.15) is 8.78 Å². The highest BCUT2D eigenvalue weighted by Crippen LogP contribution is 2.28. The van der Waals surface area contributed by atoms with Gasteiger partial charge in [-0.25, -0.2) is 4.98 Å². The minimum Gasteiger partial charge on any atom is -0.453 e. The fourth-order valence-electron chi connectivity index (χ4n) is 1.57. The molecule has 6 heteroatoms. The number of aromatic nitrogens is 1. The van der Waals surface area contributed by atoms with Crippen LogP contribution >= 0.6 is 0 Å². The van der Waals surface area contributed by atoms with E-state index in [-0.39, 0.29) is 5.56 Å². The number of carbonyl (C=O) groups excluding carboxylic acids is 1. The summed E-state index contributed by atoms with van der Waals surface area (Å²) in [6, 6.07) is 8.24. The monoisotopic (exact) mass is 278 g/mol. The van der Waals surface area contributed by atoms with Crippen LogP contribution in [0, 0.1) is 11.8 Å². The summed E-state index contributed by atoms with van der Waals surface area (Å²) in [5.41, 5.74) is -0.158. The molecule has 1 aromatic carbocycles. The molecule has 0 atom stereocenters. The lowest BCUT2D eigenvalue weighted by molar-refractivity contribution is 0.0952. The smallest absolute Gasteiger partial charge is 0.256 e. The number of ether oxygens (including phenoxy) is 1. The average molecular weight is 278 g/mol. The van der Waals surface area contributed by atoms with E-state index in [2.05, 4.69) is 10.3 Å². The molecule has 0 radical (unpaired) electrons. The number of para-hydroxylation sites is 1. The Morgan fingerprint density at radius 2 is 2.00 bits per heavy atom. The molecule has 1 N–H and O–H groups in total. The Bertz CT molecular complexity index is 618. The molecule has 20 heavy (non-hydrogen) atoms. The van der Waals surface area contributed by atoms with Gasteiger partial charge < -0.3 is 10.1 Å². The Morgan fingerprint density at radius 3 is 2.65 bits per heavy atom. The van der Waals surface area contributed by atoms with Gasteiger partial charge in [0.15, 0.2) is 5.75 Å². The van der Waals surface area contributed by atoms with E-state index in [4.69, 9.17) is 4.74 Å². The van der Waals surface area contributed by atoms with Gasteiger partial charge in [0.25, 0.3) is 11.9 Å². The molecule has 0 fully saturated rings. The Kier molecular flexibility index (Phi) is 4.24. The number of amides is 1. The molecule has 2 rings (SSSR count). The van der Waals surface area contributed by atoms with Gasteiger partial charge in [0.05, 0.1) is 0 Å². The first-order valence-electron chi connectivity index (χ1n) is 5.98. The first kappa shape index (κ1) is 13.9. The Balaban J connectivity index is 2.43. The van der Waals surface area contributed by atoms with E-state index < -0.39 is 23.4 Å². The van der Waals surface area contributed by atoms with Gasteiger partial charge in [0.1, 0.15) is 11.3 Å². The van der Waals surface area contributed by atoms with Crippen molar-refractivity contribution in [2.24, 2.45) is 0 Å². The third-order valence-corrected chi connectivity index (χ3v) is 2.48. The van der Waals surface area contributed by atoms with Crippen LogP contribution in [0.5, 0.6) is 11.5 Å². The third kappa shape index (κ3) is 2.90. The zero-order valence-electron chi connectivity index (χ0n) is 10.7. The van der Waals surface area contributed by atoms with Crippen LogP contribution in [0.3, 0.4) is 0 Å². The van der Waals surface area contributed by atoms with E-state index in [1.165, 1.54) is 0 Å². The summed E-state index contributed by atoms with van der Waals surface area (Å²) in [6.45, 7) is 2.06. The van der Waals surface area contributed by atoms with Crippen LogP contribution in [0.15, 0.2) is 36.5 Å². The average Bonchev–Trinajstić information content (AvgIpc) is 2.45. The van der Waals surface area contributed by atoms with Crippen molar-refractivity contribution in [1.29, 1.82) is 0 Å². The molecule has 104 valence electrons. The molecule has 0 unspecified atom stereocenters. The van der Waals surface area contributed by atoms with Crippen molar-refractivity contribution in [2.75, 3.05) is 6.54 Å².